The van der Waals surface area contributed by atoms with Gasteiger partial charge in [-0.05, 0) is 92.8 Å². The maximum absolute atomic E-state index is 12.2. The minimum Gasteiger partial charge on any atom is -0.506 e. The molecule has 2 N–H and O–H groups in total. The molecule has 0 aromatic heterocycles. The molecule has 1 fully saturated rings. The Kier molecular flexibility index (Phi) is 6.19. The number of aromatic hydroxyl groups is 1. The van der Waals surface area contributed by atoms with E-state index < -0.39 is 0 Å². The van der Waals surface area contributed by atoms with Crippen molar-refractivity contribution in [3.05, 3.63) is 58.0 Å². The number of phenolic OH excluding ortho intramolecular Hbond substituents is 1. The van der Waals surface area contributed by atoms with Gasteiger partial charge in [0.2, 0.25) is 0 Å². The number of hydrogen-bond acceptors (Lipinski definition) is 4. The smallest absolute Gasteiger partial charge is 0.264 e. The highest BCUT2D eigenvalue weighted by Crippen LogP contribution is 2.35. The minimum absolute atomic E-state index is 0.236. The molecule has 2 aromatic rings. The van der Waals surface area contributed by atoms with Crippen LogP contribution in [0.4, 0.5) is 5.69 Å². The first-order valence-corrected chi connectivity index (χ1v) is 10.5. The summed E-state index contributed by atoms with van der Waals surface area (Å²) < 4.78 is 1.44. The predicted octanol–water partition coefficient (Wildman–Crippen LogP) is 5.80. The van der Waals surface area contributed by atoms with E-state index >= 15 is 0 Å². The molecule has 25 heavy (non-hydrogen) atoms. The number of rotatable bonds is 2. The van der Waals surface area contributed by atoms with Crippen molar-refractivity contribution in [2.45, 2.75) is 0 Å². The van der Waals surface area contributed by atoms with Crippen molar-refractivity contribution in [1.29, 1.82) is 0 Å². The summed E-state index contributed by atoms with van der Waals surface area (Å²) in [6.45, 7) is 0. The summed E-state index contributed by atoms with van der Waals surface area (Å²) >= 11 is 17.4. The lowest BCUT2D eigenvalue weighted by Crippen LogP contribution is -2.19. The normalized spacial score (nSPS) is 17.4. The fraction of sp³-hybridized carbons (Fsp3) is 0. The molecule has 0 bridgehead atoms. The second-order valence-corrected chi connectivity index (χ2v) is 9.03. The van der Waals surface area contributed by atoms with Crippen molar-refractivity contribution in [3.63, 3.8) is 0 Å². The van der Waals surface area contributed by atoms with Crippen LogP contribution in [0, 0.1) is 7.14 Å². The van der Waals surface area contributed by atoms with Crippen LogP contribution in [0.25, 0.3) is 6.08 Å². The summed E-state index contributed by atoms with van der Waals surface area (Å²) in [7, 11) is 0. The van der Waals surface area contributed by atoms with Gasteiger partial charge in [0.1, 0.15) is 5.75 Å². The fourth-order valence-electron chi connectivity index (χ4n) is 1.99. The molecule has 1 amide bonds. The van der Waals surface area contributed by atoms with E-state index in [9.17, 15) is 9.90 Å². The lowest BCUT2D eigenvalue weighted by molar-refractivity contribution is -0.115. The summed E-state index contributed by atoms with van der Waals surface area (Å²) in [5.74, 6) is 0.00437. The molecule has 0 unspecified atom stereocenters. The third kappa shape index (κ3) is 4.44. The summed E-state index contributed by atoms with van der Waals surface area (Å²) in [4.78, 5) is 17.0. The molecule has 0 saturated carbocycles. The zero-order valence-electron chi connectivity index (χ0n) is 12.2. The number of hydrogen-bond donors (Lipinski definition) is 2. The Balaban J connectivity index is 1.90. The average Bonchev–Trinajstić information content (AvgIpc) is 2.89. The van der Waals surface area contributed by atoms with Crippen LogP contribution < -0.4 is 5.32 Å². The second-order valence-electron chi connectivity index (χ2n) is 4.89. The van der Waals surface area contributed by atoms with E-state index in [2.05, 4.69) is 55.5 Å². The Bertz CT molecular complexity index is 925. The van der Waals surface area contributed by atoms with E-state index in [0.29, 0.717) is 25.8 Å². The van der Waals surface area contributed by atoms with Crippen molar-refractivity contribution in [1.82, 2.24) is 5.32 Å². The molecule has 1 aliphatic heterocycles. The molecule has 1 aliphatic rings. The first-order chi connectivity index (χ1) is 11.8. The van der Waals surface area contributed by atoms with Gasteiger partial charge in [-0.15, -0.1) is 0 Å². The van der Waals surface area contributed by atoms with Gasteiger partial charge in [0.25, 0.3) is 5.91 Å². The van der Waals surface area contributed by atoms with Crippen LogP contribution >= 0.6 is 80.1 Å². The summed E-state index contributed by atoms with van der Waals surface area (Å²) in [6, 6.07) is 8.75. The predicted molar refractivity (Wildman–Crippen MR) is 121 cm³/mol. The van der Waals surface area contributed by atoms with E-state index in [4.69, 9.17) is 23.2 Å². The zero-order chi connectivity index (χ0) is 18.1. The van der Waals surface area contributed by atoms with Gasteiger partial charge < -0.3 is 10.4 Å². The van der Waals surface area contributed by atoms with Crippen molar-refractivity contribution >= 4 is 103 Å². The third-order valence-corrected chi connectivity index (χ3v) is 6.50. The second kappa shape index (κ2) is 8.03. The monoisotopic (exact) mass is 616 g/mol. The van der Waals surface area contributed by atoms with Crippen LogP contribution in [-0.4, -0.2) is 16.2 Å². The lowest BCUT2D eigenvalue weighted by atomic mass is 10.2. The number of nitrogens with one attached hydrogen (secondary N) is 1. The average molecular weight is 617 g/mol. The molecule has 0 aliphatic carbocycles. The van der Waals surface area contributed by atoms with E-state index in [1.807, 2.05) is 12.1 Å². The number of carbonyl (C=O) groups excluding carboxylic acids is 1. The van der Waals surface area contributed by atoms with Gasteiger partial charge in [0, 0.05) is 0 Å². The maximum atomic E-state index is 12.2. The van der Waals surface area contributed by atoms with E-state index in [1.54, 1.807) is 24.3 Å². The Morgan fingerprint density at radius 1 is 1.20 bits per heavy atom. The van der Waals surface area contributed by atoms with Gasteiger partial charge in [-0.3, -0.25) is 4.79 Å². The highest BCUT2D eigenvalue weighted by molar-refractivity contribution is 14.1. The van der Waals surface area contributed by atoms with Crippen LogP contribution in [0.5, 0.6) is 5.75 Å². The fourth-order valence-corrected chi connectivity index (χ4v) is 4.98. The van der Waals surface area contributed by atoms with Gasteiger partial charge in [0.05, 0.1) is 27.8 Å². The van der Waals surface area contributed by atoms with Crippen molar-refractivity contribution in [2.24, 2.45) is 4.99 Å². The van der Waals surface area contributed by atoms with Crippen LogP contribution in [0.3, 0.4) is 0 Å². The minimum atomic E-state index is -0.236. The molecule has 9 heteroatoms. The third-order valence-electron chi connectivity index (χ3n) is 3.14. The van der Waals surface area contributed by atoms with Gasteiger partial charge in [0.15, 0.2) is 5.17 Å². The first kappa shape index (κ1) is 19.3. The Morgan fingerprint density at radius 2 is 1.88 bits per heavy atom. The quantitative estimate of drug-likeness (QED) is 0.331. The number of aliphatic imine (C=N–C) groups is 1. The van der Waals surface area contributed by atoms with E-state index in [1.165, 1.54) is 11.8 Å². The molecular formula is C16H8Cl2I2N2O2S. The Labute approximate surface area is 185 Å². The number of nitrogens with zero attached hydrogens (tertiary/aromatic N) is 1. The van der Waals surface area contributed by atoms with Crippen LogP contribution in [-0.2, 0) is 4.79 Å². The highest BCUT2D eigenvalue weighted by atomic mass is 127. The highest BCUT2D eigenvalue weighted by Gasteiger charge is 2.24. The van der Waals surface area contributed by atoms with Crippen LogP contribution in [0.15, 0.2) is 40.2 Å². The van der Waals surface area contributed by atoms with Crippen molar-refractivity contribution in [3.8, 4) is 5.75 Å². The molecule has 0 atom stereocenters. The van der Waals surface area contributed by atoms with E-state index in [-0.39, 0.29) is 11.7 Å². The maximum Gasteiger partial charge on any atom is 0.264 e. The molecule has 0 spiro atoms. The molecular weight excluding hydrogens is 609 g/mol. The number of carbonyl (C=O) groups is 1. The number of amides is 1. The Hall–Kier alpha value is -0.490. The van der Waals surface area contributed by atoms with Gasteiger partial charge in [-0.2, -0.15) is 0 Å². The number of amidine groups is 1. The molecule has 2 aromatic carbocycles. The summed E-state index contributed by atoms with van der Waals surface area (Å²) in [6.07, 6.45) is 1.76. The summed E-state index contributed by atoms with van der Waals surface area (Å²) in [5.41, 5.74) is 1.32. The van der Waals surface area contributed by atoms with Gasteiger partial charge >= 0.3 is 0 Å². The molecule has 3 rings (SSSR count). The van der Waals surface area contributed by atoms with Crippen LogP contribution in [0.1, 0.15) is 5.56 Å². The standard InChI is InChI=1S/C16H8Cl2I2N2O2S/c17-8-2-1-3-11(13(8)18)21-16-22-15(24)12(25-16)6-7-4-9(19)14(23)10(20)5-7/h1-6,23H,(H,21,22,24)/b12-6-. The Morgan fingerprint density at radius 3 is 2.56 bits per heavy atom. The summed E-state index contributed by atoms with van der Waals surface area (Å²) in [5, 5.41) is 13.7. The van der Waals surface area contributed by atoms with Crippen molar-refractivity contribution < 1.29 is 9.90 Å². The van der Waals surface area contributed by atoms with Crippen molar-refractivity contribution in [2.75, 3.05) is 0 Å². The number of halogens is 4. The number of phenols is 1. The largest absolute Gasteiger partial charge is 0.506 e. The molecule has 128 valence electrons. The number of thioether (sulfide) groups is 1. The topological polar surface area (TPSA) is 61.7 Å². The SMILES string of the molecule is O=C1NC(=Nc2cccc(Cl)c2Cl)S/C1=C\c1cc(I)c(O)c(I)c1. The molecule has 1 saturated heterocycles. The first-order valence-electron chi connectivity index (χ1n) is 6.77. The molecule has 0 radical (unpaired) electrons. The van der Waals surface area contributed by atoms with Gasteiger partial charge in [-0.25, -0.2) is 4.99 Å². The van der Waals surface area contributed by atoms with Crippen LogP contribution in [0.2, 0.25) is 10.0 Å². The zero-order valence-corrected chi connectivity index (χ0v) is 18.8. The van der Waals surface area contributed by atoms with E-state index in [0.717, 1.165) is 12.7 Å². The molecule has 4 nitrogen and oxygen atoms in total. The lowest BCUT2D eigenvalue weighted by Gasteiger charge is -2.03. The molecule has 1 heterocycles. The van der Waals surface area contributed by atoms with Gasteiger partial charge in [-0.1, -0.05) is 29.3 Å². The number of benzene rings is 2.